The van der Waals surface area contributed by atoms with Crippen LogP contribution in [0.2, 0.25) is 0 Å². The van der Waals surface area contributed by atoms with E-state index in [0.717, 1.165) is 32.0 Å². The van der Waals surface area contributed by atoms with Crippen molar-refractivity contribution in [2.24, 2.45) is 10.4 Å². The standard InChI is InChI=1S/C18H29N3.HI/c1-18(2,3)11-12-20-17(19-4)21-13-10-16(14-21)15-8-6-5-7-9-15;/h5-9,16H,10-14H2,1-4H3,(H,19,20);1H. The van der Waals surface area contributed by atoms with Gasteiger partial charge in [-0.25, -0.2) is 0 Å². The molecule has 1 aliphatic rings. The van der Waals surface area contributed by atoms with E-state index in [1.807, 2.05) is 7.05 Å². The highest BCUT2D eigenvalue weighted by Gasteiger charge is 2.25. The summed E-state index contributed by atoms with van der Waals surface area (Å²) in [4.78, 5) is 6.84. The normalized spacial score (nSPS) is 19.0. The van der Waals surface area contributed by atoms with E-state index in [-0.39, 0.29) is 24.0 Å². The smallest absolute Gasteiger partial charge is 0.193 e. The van der Waals surface area contributed by atoms with Crippen LogP contribution in [0.3, 0.4) is 0 Å². The molecule has 22 heavy (non-hydrogen) atoms. The Hall–Kier alpha value is -0.780. The summed E-state index contributed by atoms with van der Waals surface area (Å²) in [5.41, 5.74) is 1.81. The van der Waals surface area contributed by atoms with Gasteiger partial charge in [-0.2, -0.15) is 0 Å². The molecule has 0 spiro atoms. The molecule has 2 rings (SSSR count). The number of halogens is 1. The molecular formula is C18H30IN3. The zero-order chi connectivity index (χ0) is 15.3. The first kappa shape index (κ1) is 19.3. The molecule has 1 fully saturated rings. The number of benzene rings is 1. The van der Waals surface area contributed by atoms with Gasteiger partial charge in [-0.15, -0.1) is 24.0 Å². The highest BCUT2D eigenvalue weighted by Crippen LogP contribution is 2.26. The fourth-order valence-electron chi connectivity index (χ4n) is 2.83. The number of rotatable bonds is 3. The minimum Gasteiger partial charge on any atom is -0.356 e. The Morgan fingerprint density at radius 3 is 2.55 bits per heavy atom. The number of nitrogens with one attached hydrogen (secondary N) is 1. The molecule has 1 aromatic carbocycles. The van der Waals surface area contributed by atoms with E-state index in [9.17, 15) is 0 Å². The topological polar surface area (TPSA) is 27.6 Å². The van der Waals surface area contributed by atoms with Crippen molar-refractivity contribution in [2.45, 2.75) is 39.5 Å². The molecule has 1 heterocycles. The molecule has 0 radical (unpaired) electrons. The molecule has 0 bridgehead atoms. The van der Waals surface area contributed by atoms with E-state index in [1.165, 1.54) is 12.0 Å². The van der Waals surface area contributed by atoms with Crippen molar-refractivity contribution >= 4 is 29.9 Å². The first-order valence-electron chi connectivity index (χ1n) is 8.00. The Morgan fingerprint density at radius 2 is 1.95 bits per heavy atom. The van der Waals surface area contributed by atoms with E-state index in [2.05, 4.69) is 66.3 Å². The summed E-state index contributed by atoms with van der Waals surface area (Å²) in [6.45, 7) is 9.98. The Labute approximate surface area is 152 Å². The first-order chi connectivity index (χ1) is 9.99. The van der Waals surface area contributed by atoms with Crippen molar-refractivity contribution in [2.75, 3.05) is 26.7 Å². The predicted molar refractivity (Wildman–Crippen MR) is 106 cm³/mol. The van der Waals surface area contributed by atoms with Crippen LogP contribution in [0.1, 0.15) is 45.1 Å². The summed E-state index contributed by atoms with van der Waals surface area (Å²) in [7, 11) is 1.88. The van der Waals surface area contributed by atoms with Crippen LogP contribution in [-0.4, -0.2) is 37.5 Å². The predicted octanol–water partition coefficient (Wildman–Crippen LogP) is 4.11. The van der Waals surface area contributed by atoms with Crippen molar-refractivity contribution in [3.63, 3.8) is 0 Å². The molecule has 1 N–H and O–H groups in total. The van der Waals surface area contributed by atoms with Crippen molar-refractivity contribution in [3.8, 4) is 0 Å². The molecule has 0 saturated carbocycles. The molecule has 0 aliphatic carbocycles. The van der Waals surface area contributed by atoms with Crippen molar-refractivity contribution in [3.05, 3.63) is 35.9 Å². The van der Waals surface area contributed by atoms with E-state index >= 15 is 0 Å². The minimum absolute atomic E-state index is 0. The molecule has 3 nitrogen and oxygen atoms in total. The van der Waals surface area contributed by atoms with Gasteiger partial charge in [0.1, 0.15) is 0 Å². The Balaban J connectivity index is 0.00000242. The monoisotopic (exact) mass is 415 g/mol. The third-order valence-electron chi connectivity index (χ3n) is 4.13. The van der Waals surface area contributed by atoms with Crippen LogP contribution >= 0.6 is 24.0 Å². The molecule has 0 amide bonds. The lowest BCUT2D eigenvalue weighted by molar-refractivity contribution is 0.372. The highest BCUT2D eigenvalue weighted by molar-refractivity contribution is 14.0. The van der Waals surface area contributed by atoms with Gasteiger partial charge in [0.05, 0.1) is 0 Å². The summed E-state index contributed by atoms with van der Waals surface area (Å²) in [5, 5.41) is 3.52. The summed E-state index contributed by atoms with van der Waals surface area (Å²) in [6.07, 6.45) is 2.37. The number of hydrogen-bond donors (Lipinski definition) is 1. The number of hydrogen-bond acceptors (Lipinski definition) is 1. The van der Waals surface area contributed by atoms with Crippen LogP contribution in [0.4, 0.5) is 0 Å². The maximum absolute atomic E-state index is 4.45. The van der Waals surface area contributed by atoms with E-state index < -0.39 is 0 Å². The van der Waals surface area contributed by atoms with E-state index in [1.54, 1.807) is 0 Å². The van der Waals surface area contributed by atoms with E-state index in [4.69, 9.17) is 0 Å². The average Bonchev–Trinajstić information content (AvgIpc) is 2.93. The number of aliphatic imine (C=N–C) groups is 1. The van der Waals surface area contributed by atoms with Gasteiger partial charge in [0.2, 0.25) is 0 Å². The zero-order valence-corrected chi connectivity index (χ0v) is 16.6. The van der Waals surface area contributed by atoms with Crippen molar-refractivity contribution in [1.82, 2.24) is 10.2 Å². The third kappa shape index (κ3) is 5.78. The zero-order valence-electron chi connectivity index (χ0n) is 14.3. The molecular weight excluding hydrogens is 385 g/mol. The van der Waals surface area contributed by atoms with Crippen LogP contribution in [-0.2, 0) is 0 Å². The lowest BCUT2D eigenvalue weighted by Crippen LogP contribution is -2.41. The summed E-state index contributed by atoms with van der Waals surface area (Å²) < 4.78 is 0. The largest absolute Gasteiger partial charge is 0.356 e. The van der Waals surface area contributed by atoms with E-state index in [0.29, 0.717) is 11.3 Å². The highest BCUT2D eigenvalue weighted by atomic mass is 127. The van der Waals surface area contributed by atoms with Gasteiger partial charge < -0.3 is 10.2 Å². The molecule has 1 unspecified atom stereocenters. The van der Waals surface area contributed by atoms with Crippen molar-refractivity contribution < 1.29 is 0 Å². The number of nitrogens with zero attached hydrogens (tertiary/aromatic N) is 2. The SMILES string of the molecule is CN=C(NCCC(C)(C)C)N1CCC(c2ccccc2)C1.I. The summed E-state index contributed by atoms with van der Waals surface area (Å²) in [5.74, 6) is 1.69. The number of guanidine groups is 1. The minimum atomic E-state index is 0. The van der Waals surface area contributed by atoms with Crippen LogP contribution in [0, 0.1) is 5.41 Å². The second kappa shape index (κ2) is 8.75. The van der Waals surface area contributed by atoms with Gasteiger partial charge in [-0.05, 0) is 23.8 Å². The maximum Gasteiger partial charge on any atom is 0.193 e. The Bertz CT molecular complexity index is 465. The quantitative estimate of drug-likeness (QED) is 0.457. The molecule has 124 valence electrons. The lowest BCUT2D eigenvalue weighted by atomic mass is 9.92. The van der Waals surface area contributed by atoms with Gasteiger partial charge in [-0.3, -0.25) is 4.99 Å². The summed E-state index contributed by atoms with van der Waals surface area (Å²) in [6, 6.07) is 10.8. The molecule has 1 aromatic rings. The molecule has 1 atom stereocenters. The number of likely N-dealkylation sites (tertiary alicyclic amines) is 1. The van der Waals surface area contributed by atoms with Gasteiger partial charge in [-0.1, -0.05) is 51.1 Å². The average molecular weight is 415 g/mol. The second-order valence-electron chi connectivity index (χ2n) is 7.13. The van der Waals surface area contributed by atoms with Crippen LogP contribution in [0.25, 0.3) is 0 Å². The van der Waals surface area contributed by atoms with Gasteiger partial charge >= 0.3 is 0 Å². The summed E-state index contributed by atoms with van der Waals surface area (Å²) >= 11 is 0. The second-order valence-corrected chi connectivity index (χ2v) is 7.13. The van der Waals surface area contributed by atoms with Crippen LogP contribution in [0.15, 0.2) is 35.3 Å². The lowest BCUT2D eigenvalue weighted by Gasteiger charge is -2.24. The molecule has 1 aliphatic heterocycles. The molecule has 0 aromatic heterocycles. The van der Waals surface area contributed by atoms with Gasteiger partial charge in [0.25, 0.3) is 0 Å². The molecule has 1 saturated heterocycles. The maximum atomic E-state index is 4.45. The molecule has 4 heteroatoms. The van der Waals surface area contributed by atoms with Crippen molar-refractivity contribution in [1.29, 1.82) is 0 Å². The Morgan fingerprint density at radius 1 is 1.27 bits per heavy atom. The van der Waals surface area contributed by atoms with Gasteiger partial charge in [0.15, 0.2) is 5.96 Å². The fraction of sp³-hybridized carbons (Fsp3) is 0.611. The van der Waals surface area contributed by atoms with Gasteiger partial charge in [0, 0.05) is 32.6 Å². The third-order valence-corrected chi connectivity index (χ3v) is 4.13. The van der Waals surface area contributed by atoms with Crippen LogP contribution in [0.5, 0.6) is 0 Å². The fourth-order valence-corrected chi connectivity index (χ4v) is 2.83. The van der Waals surface area contributed by atoms with Crippen LogP contribution < -0.4 is 5.32 Å². The Kier molecular flexibility index (Phi) is 7.66. The first-order valence-corrected chi connectivity index (χ1v) is 8.00.